The van der Waals surface area contributed by atoms with E-state index in [-0.39, 0.29) is 13.2 Å². The van der Waals surface area contributed by atoms with Crippen LogP contribution in [0, 0.1) is 10.1 Å². The number of ether oxygens (including phenoxy) is 3. The second-order valence-electron chi connectivity index (χ2n) is 4.12. The van der Waals surface area contributed by atoms with Gasteiger partial charge in [-0.25, -0.2) is 14.3 Å². The summed E-state index contributed by atoms with van der Waals surface area (Å²) in [7, 11) is 2.14. The van der Waals surface area contributed by atoms with E-state index in [1.165, 1.54) is 0 Å². The van der Waals surface area contributed by atoms with Gasteiger partial charge in [-0.05, 0) is 6.42 Å². The molecule has 0 aliphatic carbocycles. The van der Waals surface area contributed by atoms with Crippen LogP contribution in [-0.4, -0.2) is 54.1 Å². The molecule has 0 N–H and O–H groups in total. The van der Waals surface area contributed by atoms with E-state index in [9.17, 15) is 19.7 Å². The van der Waals surface area contributed by atoms with Crippen molar-refractivity contribution in [3.8, 4) is 0 Å². The van der Waals surface area contributed by atoms with Gasteiger partial charge in [-0.2, -0.15) is 5.10 Å². The van der Waals surface area contributed by atoms with Crippen molar-refractivity contribution in [2.45, 2.75) is 19.9 Å². The number of carbonyl (C=O) groups is 2. The van der Waals surface area contributed by atoms with Crippen LogP contribution in [0.2, 0.25) is 0 Å². The van der Waals surface area contributed by atoms with Gasteiger partial charge in [0.05, 0.1) is 32.3 Å². The first kappa shape index (κ1) is 17.6. The van der Waals surface area contributed by atoms with Crippen molar-refractivity contribution >= 4 is 17.6 Å². The zero-order chi connectivity index (χ0) is 16.7. The van der Waals surface area contributed by atoms with E-state index in [4.69, 9.17) is 4.74 Å². The number of hydrogen-bond acceptors (Lipinski definition) is 8. The molecule has 1 heterocycles. The highest BCUT2D eigenvalue weighted by Gasteiger charge is 2.37. The van der Waals surface area contributed by atoms with Crippen LogP contribution in [0.25, 0.3) is 0 Å². The van der Waals surface area contributed by atoms with Crippen molar-refractivity contribution in [2.75, 3.05) is 27.4 Å². The molecule has 10 heteroatoms. The summed E-state index contributed by atoms with van der Waals surface area (Å²) in [5.74, 6) is -1.98. The molecule has 122 valence electrons. The molecule has 0 amide bonds. The van der Waals surface area contributed by atoms with Crippen molar-refractivity contribution in [3.63, 3.8) is 0 Å². The van der Waals surface area contributed by atoms with Crippen LogP contribution in [-0.2, 0) is 20.8 Å². The van der Waals surface area contributed by atoms with Gasteiger partial charge >= 0.3 is 17.6 Å². The number of carbonyl (C=O) groups excluding carboxylic acids is 2. The highest BCUT2D eigenvalue weighted by atomic mass is 16.6. The first-order valence-corrected chi connectivity index (χ1v) is 6.47. The number of methoxy groups -OCH3 is 2. The van der Waals surface area contributed by atoms with Crippen LogP contribution in [0.1, 0.15) is 34.3 Å². The van der Waals surface area contributed by atoms with Crippen LogP contribution in [0.3, 0.4) is 0 Å². The van der Waals surface area contributed by atoms with Crippen molar-refractivity contribution in [1.82, 2.24) is 9.78 Å². The number of aromatic nitrogens is 2. The fourth-order valence-corrected chi connectivity index (χ4v) is 1.72. The lowest BCUT2D eigenvalue weighted by atomic mass is 10.3. The van der Waals surface area contributed by atoms with Crippen LogP contribution in [0.4, 0.5) is 5.69 Å². The summed E-state index contributed by atoms with van der Waals surface area (Å²) in [5, 5.41) is 15.0. The summed E-state index contributed by atoms with van der Waals surface area (Å²) in [4.78, 5) is 33.7. The van der Waals surface area contributed by atoms with Crippen molar-refractivity contribution in [3.05, 3.63) is 21.5 Å². The Morgan fingerprint density at radius 3 is 2.36 bits per heavy atom. The van der Waals surface area contributed by atoms with Gasteiger partial charge in [0.25, 0.3) is 0 Å². The summed E-state index contributed by atoms with van der Waals surface area (Å²) in [5.41, 5.74) is -1.72. The second kappa shape index (κ2) is 8.08. The molecular formula is C12H17N3O7. The van der Waals surface area contributed by atoms with E-state index in [2.05, 4.69) is 14.6 Å². The largest absolute Gasteiger partial charge is 0.464 e. The van der Waals surface area contributed by atoms with Gasteiger partial charge < -0.3 is 14.2 Å². The minimum atomic E-state index is -1.01. The Balaban J connectivity index is 3.26. The van der Waals surface area contributed by atoms with Crippen molar-refractivity contribution < 1.29 is 28.7 Å². The lowest BCUT2D eigenvalue weighted by Crippen LogP contribution is -2.16. The smallest absolute Gasteiger partial charge is 0.365 e. The highest BCUT2D eigenvalue weighted by Crippen LogP contribution is 2.25. The molecule has 0 aromatic carbocycles. The molecule has 0 aliphatic rings. The number of nitrogens with zero attached hydrogens (tertiary/aromatic N) is 3. The van der Waals surface area contributed by atoms with Crippen LogP contribution >= 0.6 is 0 Å². The summed E-state index contributed by atoms with van der Waals surface area (Å²) in [6, 6.07) is 0. The van der Waals surface area contributed by atoms with Gasteiger partial charge in [0.2, 0.25) is 11.4 Å². The molecule has 1 aromatic rings. The molecule has 0 unspecified atom stereocenters. The summed E-state index contributed by atoms with van der Waals surface area (Å²) < 4.78 is 15.2. The predicted octanol–water partition coefficient (Wildman–Crippen LogP) is 0.791. The highest BCUT2D eigenvalue weighted by molar-refractivity contribution is 6.00. The topological polar surface area (TPSA) is 123 Å². The minimum absolute atomic E-state index is 0.0578. The average molecular weight is 315 g/mol. The zero-order valence-electron chi connectivity index (χ0n) is 12.5. The molecule has 0 saturated heterocycles. The number of nitro groups is 1. The Hall–Kier alpha value is -2.49. The third-order valence-corrected chi connectivity index (χ3v) is 2.66. The average Bonchev–Trinajstić information content (AvgIpc) is 2.89. The molecule has 10 nitrogen and oxygen atoms in total. The molecule has 0 spiro atoms. The maximum Gasteiger partial charge on any atom is 0.365 e. The summed E-state index contributed by atoms with van der Waals surface area (Å²) in [6.45, 7) is 2.66. The van der Waals surface area contributed by atoms with Crippen LogP contribution in [0.15, 0.2) is 0 Å². The molecule has 0 atom stereocenters. The van der Waals surface area contributed by atoms with E-state index < -0.39 is 33.9 Å². The fraction of sp³-hybridized carbons (Fsp3) is 0.583. The number of esters is 2. The van der Waals surface area contributed by atoms with Gasteiger partial charge in [0.15, 0.2) is 0 Å². The summed E-state index contributed by atoms with van der Waals surface area (Å²) >= 11 is 0. The fourth-order valence-electron chi connectivity index (χ4n) is 1.72. The molecule has 0 fully saturated rings. The Kier molecular flexibility index (Phi) is 6.45. The Labute approximate surface area is 126 Å². The minimum Gasteiger partial charge on any atom is -0.464 e. The number of rotatable bonds is 8. The second-order valence-corrected chi connectivity index (χ2v) is 4.12. The van der Waals surface area contributed by atoms with Gasteiger partial charge in [0.1, 0.15) is 0 Å². The van der Waals surface area contributed by atoms with Crippen LogP contribution in [0.5, 0.6) is 0 Å². The monoisotopic (exact) mass is 315 g/mol. The van der Waals surface area contributed by atoms with Crippen LogP contribution < -0.4 is 0 Å². The molecule has 0 radical (unpaired) electrons. The molecule has 0 saturated carbocycles. The van der Waals surface area contributed by atoms with Crippen molar-refractivity contribution in [1.29, 1.82) is 0 Å². The molecule has 1 rings (SSSR count). The predicted molar refractivity (Wildman–Crippen MR) is 72.7 cm³/mol. The Bertz CT molecular complexity index is 567. The van der Waals surface area contributed by atoms with E-state index >= 15 is 0 Å². The van der Waals surface area contributed by atoms with Crippen molar-refractivity contribution in [2.24, 2.45) is 0 Å². The maximum absolute atomic E-state index is 11.8. The maximum atomic E-state index is 11.8. The van der Waals surface area contributed by atoms with E-state index in [1.54, 1.807) is 0 Å². The third-order valence-electron chi connectivity index (χ3n) is 2.66. The van der Waals surface area contributed by atoms with Gasteiger partial charge in [-0.15, -0.1) is 0 Å². The van der Waals surface area contributed by atoms with E-state index in [1.807, 2.05) is 6.92 Å². The van der Waals surface area contributed by atoms with E-state index in [0.29, 0.717) is 6.61 Å². The first-order chi connectivity index (χ1) is 10.5. The lowest BCUT2D eigenvalue weighted by molar-refractivity contribution is -0.385. The normalized spacial score (nSPS) is 10.3. The van der Waals surface area contributed by atoms with Gasteiger partial charge in [-0.3, -0.25) is 10.1 Å². The van der Waals surface area contributed by atoms with Gasteiger partial charge in [0, 0.05) is 6.61 Å². The lowest BCUT2D eigenvalue weighted by Gasteiger charge is -2.05. The molecule has 0 aliphatic heterocycles. The quantitative estimate of drug-likeness (QED) is 0.298. The zero-order valence-corrected chi connectivity index (χ0v) is 12.5. The molecule has 1 aromatic heterocycles. The standard InChI is InChI=1S/C12H17N3O7/c1-4-6-22-7-5-14-10(12(17)21-3)9(15(18)19)8(13-14)11(16)20-2/h4-7H2,1-3H3. The molecule has 0 bridgehead atoms. The third kappa shape index (κ3) is 3.79. The molecule has 22 heavy (non-hydrogen) atoms. The summed E-state index contributed by atoms with van der Waals surface area (Å²) in [6.07, 6.45) is 0.802. The van der Waals surface area contributed by atoms with E-state index in [0.717, 1.165) is 25.3 Å². The SMILES string of the molecule is CCCOCCn1nc(C(=O)OC)c([N+](=O)[O-])c1C(=O)OC. The number of hydrogen-bond donors (Lipinski definition) is 0. The Morgan fingerprint density at radius 1 is 1.23 bits per heavy atom. The first-order valence-electron chi connectivity index (χ1n) is 6.47. The Morgan fingerprint density at radius 2 is 1.86 bits per heavy atom. The van der Waals surface area contributed by atoms with Gasteiger partial charge in [-0.1, -0.05) is 6.92 Å². The molecular weight excluding hydrogens is 298 g/mol.